The molecule has 0 spiro atoms. The molecule has 1 aliphatic heterocycles. The largest absolute Gasteiger partial charge is 0.368 e. The van der Waals surface area contributed by atoms with E-state index in [0.717, 1.165) is 38.4 Å². The average molecular weight is 367 g/mol. The number of hydrogen-bond donors (Lipinski definition) is 1. The third kappa shape index (κ3) is 4.38. The van der Waals surface area contributed by atoms with Crippen molar-refractivity contribution in [3.63, 3.8) is 0 Å². The number of nitrogens with one attached hydrogen (secondary N) is 1. The van der Waals surface area contributed by atoms with Gasteiger partial charge in [-0.2, -0.15) is 0 Å². The van der Waals surface area contributed by atoms with Crippen LogP contribution in [0.5, 0.6) is 0 Å². The molecule has 2 heterocycles. The van der Waals surface area contributed by atoms with E-state index in [2.05, 4.69) is 57.1 Å². The molecule has 1 aromatic carbocycles. The van der Waals surface area contributed by atoms with Gasteiger partial charge in [0.2, 0.25) is 0 Å². The molecule has 1 fully saturated rings. The Hall–Kier alpha value is -2.63. The molecule has 0 saturated carbocycles. The number of anilines is 2. The van der Waals surface area contributed by atoms with Crippen LogP contribution in [0.4, 0.5) is 11.5 Å². The molecule has 6 heteroatoms. The summed E-state index contributed by atoms with van der Waals surface area (Å²) in [5.41, 5.74) is 4.36. The number of aromatic nitrogens is 2. The Kier molecular flexibility index (Phi) is 5.94. The topological polar surface area (TPSA) is 61.4 Å². The average Bonchev–Trinajstić information content (AvgIpc) is 2.70. The van der Waals surface area contributed by atoms with E-state index in [4.69, 9.17) is 0 Å². The van der Waals surface area contributed by atoms with Gasteiger partial charge in [0.1, 0.15) is 11.5 Å². The van der Waals surface area contributed by atoms with Gasteiger partial charge in [-0.1, -0.05) is 19.1 Å². The highest BCUT2D eigenvalue weighted by Gasteiger charge is 2.20. The van der Waals surface area contributed by atoms with Crippen molar-refractivity contribution in [3.05, 3.63) is 47.4 Å². The lowest BCUT2D eigenvalue weighted by molar-refractivity contribution is 0.0934. The summed E-state index contributed by atoms with van der Waals surface area (Å²) in [6.45, 7) is 12.0. The second-order valence-electron chi connectivity index (χ2n) is 7.24. The highest BCUT2D eigenvalue weighted by molar-refractivity contribution is 5.92. The second kappa shape index (κ2) is 8.37. The number of carbonyl (C=O) groups excluding carboxylic acids is 1. The van der Waals surface area contributed by atoms with Crippen molar-refractivity contribution in [2.75, 3.05) is 36.0 Å². The summed E-state index contributed by atoms with van der Waals surface area (Å²) in [5.74, 6) is 0.666. The molecule has 1 N–H and O–H groups in total. The molecule has 1 aliphatic rings. The van der Waals surface area contributed by atoms with Crippen molar-refractivity contribution in [1.82, 2.24) is 15.3 Å². The first kappa shape index (κ1) is 19.1. The molecule has 1 aromatic heterocycles. The zero-order chi connectivity index (χ0) is 19.4. The molecule has 0 bridgehead atoms. The second-order valence-corrected chi connectivity index (χ2v) is 7.24. The number of amides is 1. The van der Waals surface area contributed by atoms with E-state index in [1.54, 1.807) is 12.4 Å². The maximum Gasteiger partial charge on any atom is 0.271 e. The Labute approximate surface area is 161 Å². The van der Waals surface area contributed by atoms with E-state index in [1.165, 1.54) is 16.8 Å². The lowest BCUT2D eigenvalue weighted by atomic mass is 10.1. The van der Waals surface area contributed by atoms with Gasteiger partial charge in [0.25, 0.3) is 5.91 Å². The highest BCUT2D eigenvalue weighted by atomic mass is 16.1. The van der Waals surface area contributed by atoms with Gasteiger partial charge >= 0.3 is 0 Å². The van der Waals surface area contributed by atoms with E-state index < -0.39 is 0 Å². The van der Waals surface area contributed by atoms with Crippen LogP contribution < -0.4 is 15.1 Å². The fourth-order valence-electron chi connectivity index (χ4n) is 3.26. The minimum Gasteiger partial charge on any atom is -0.368 e. The first-order valence-corrected chi connectivity index (χ1v) is 9.68. The van der Waals surface area contributed by atoms with E-state index in [9.17, 15) is 4.79 Å². The molecule has 0 aliphatic carbocycles. The van der Waals surface area contributed by atoms with Crippen LogP contribution in [0.3, 0.4) is 0 Å². The van der Waals surface area contributed by atoms with E-state index >= 15 is 0 Å². The molecule has 27 heavy (non-hydrogen) atoms. The van der Waals surface area contributed by atoms with Crippen molar-refractivity contribution >= 4 is 17.4 Å². The fraction of sp³-hybridized carbons (Fsp3) is 0.476. The number of carbonyl (C=O) groups is 1. The first-order valence-electron chi connectivity index (χ1n) is 9.68. The van der Waals surface area contributed by atoms with Gasteiger partial charge in [-0.15, -0.1) is 0 Å². The molecule has 6 nitrogen and oxygen atoms in total. The summed E-state index contributed by atoms with van der Waals surface area (Å²) in [7, 11) is 0. The van der Waals surface area contributed by atoms with E-state index in [1.807, 2.05) is 13.8 Å². The first-order chi connectivity index (χ1) is 13.0. The molecule has 1 saturated heterocycles. The van der Waals surface area contributed by atoms with Gasteiger partial charge in [-0.25, -0.2) is 9.97 Å². The van der Waals surface area contributed by atoms with Crippen LogP contribution in [-0.4, -0.2) is 48.1 Å². The van der Waals surface area contributed by atoms with Crippen LogP contribution in [-0.2, 0) is 0 Å². The Morgan fingerprint density at radius 2 is 1.81 bits per heavy atom. The maximum absolute atomic E-state index is 12.1. The van der Waals surface area contributed by atoms with Gasteiger partial charge in [0, 0.05) is 37.9 Å². The van der Waals surface area contributed by atoms with E-state index in [-0.39, 0.29) is 11.9 Å². The fourth-order valence-corrected chi connectivity index (χ4v) is 3.26. The van der Waals surface area contributed by atoms with Crippen molar-refractivity contribution in [3.8, 4) is 0 Å². The lowest BCUT2D eigenvalue weighted by Crippen LogP contribution is -2.47. The minimum atomic E-state index is -0.164. The highest BCUT2D eigenvalue weighted by Crippen LogP contribution is 2.24. The van der Waals surface area contributed by atoms with Gasteiger partial charge < -0.3 is 15.1 Å². The van der Waals surface area contributed by atoms with Crippen LogP contribution in [0, 0.1) is 13.8 Å². The zero-order valence-corrected chi connectivity index (χ0v) is 16.7. The third-order valence-corrected chi connectivity index (χ3v) is 5.38. The van der Waals surface area contributed by atoms with Crippen LogP contribution in [0.2, 0.25) is 0 Å². The SMILES string of the molecule is CCC(C)NC(=O)c1cnc(N2CCN(c3cccc(C)c3C)CC2)cn1. The Morgan fingerprint density at radius 3 is 2.44 bits per heavy atom. The van der Waals surface area contributed by atoms with Gasteiger partial charge in [-0.3, -0.25) is 4.79 Å². The van der Waals surface area contributed by atoms with E-state index in [0.29, 0.717) is 5.69 Å². The number of aryl methyl sites for hydroxylation is 1. The van der Waals surface area contributed by atoms with Crippen molar-refractivity contribution in [2.24, 2.45) is 0 Å². The van der Waals surface area contributed by atoms with Crippen molar-refractivity contribution in [2.45, 2.75) is 40.2 Å². The predicted octanol–water partition coefficient (Wildman–Crippen LogP) is 2.95. The monoisotopic (exact) mass is 367 g/mol. The predicted molar refractivity (Wildman–Crippen MR) is 110 cm³/mol. The van der Waals surface area contributed by atoms with Crippen LogP contribution in [0.1, 0.15) is 41.9 Å². The summed E-state index contributed by atoms with van der Waals surface area (Å²) in [6.07, 6.45) is 4.17. The lowest BCUT2D eigenvalue weighted by Gasteiger charge is -2.37. The zero-order valence-electron chi connectivity index (χ0n) is 16.7. The molecule has 2 aromatic rings. The third-order valence-electron chi connectivity index (χ3n) is 5.38. The number of nitrogens with zero attached hydrogens (tertiary/aromatic N) is 4. The number of rotatable bonds is 5. The number of piperazine rings is 1. The quantitative estimate of drug-likeness (QED) is 0.880. The number of hydrogen-bond acceptors (Lipinski definition) is 5. The van der Waals surface area contributed by atoms with Gasteiger partial charge in [0.15, 0.2) is 0 Å². The van der Waals surface area contributed by atoms with Crippen LogP contribution >= 0.6 is 0 Å². The van der Waals surface area contributed by atoms with Crippen LogP contribution in [0.15, 0.2) is 30.6 Å². The van der Waals surface area contributed by atoms with Crippen LogP contribution in [0.25, 0.3) is 0 Å². The Balaban J connectivity index is 1.61. The summed E-state index contributed by atoms with van der Waals surface area (Å²) in [6, 6.07) is 6.61. The minimum absolute atomic E-state index is 0.136. The molecule has 0 radical (unpaired) electrons. The standard InChI is InChI=1S/C21H29N5O/c1-5-16(3)24-21(27)18-13-23-20(14-22-18)26-11-9-25(10-12-26)19-8-6-7-15(2)17(19)4/h6-8,13-14,16H,5,9-12H2,1-4H3,(H,24,27). The summed E-state index contributed by atoms with van der Waals surface area (Å²) in [4.78, 5) is 25.6. The molecule has 3 rings (SSSR count). The van der Waals surface area contributed by atoms with Gasteiger partial charge in [0.05, 0.1) is 12.4 Å². The van der Waals surface area contributed by atoms with Crippen molar-refractivity contribution in [1.29, 1.82) is 0 Å². The molecule has 1 amide bonds. The van der Waals surface area contributed by atoms with Crippen molar-refractivity contribution < 1.29 is 4.79 Å². The molecular weight excluding hydrogens is 338 g/mol. The number of benzene rings is 1. The van der Waals surface area contributed by atoms with Gasteiger partial charge in [-0.05, 0) is 44.4 Å². The molecule has 1 unspecified atom stereocenters. The summed E-state index contributed by atoms with van der Waals surface area (Å²) < 4.78 is 0. The molecular formula is C21H29N5O. The Morgan fingerprint density at radius 1 is 1.11 bits per heavy atom. The summed E-state index contributed by atoms with van der Waals surface area (Å²) in [5, 5.41) is 2.92. The normalized spacial score (nSPS) is 15.6. The molecule has 1 atom stereocenters. The summed E-state index contributed by atoms with van der Waals surface area (Å²) >= 11 is 0. The Bertz CT molecular complexity index is 782. The smallest absolute Gasteiger partial charge is 0.271 e. The maximum atomic E-state index is 12.1. The molecule has 144 valence electrons.